The predicted molar refractivity (Wildman–Crippen MR) is 252 cm³/mol. The van der Waals surface area contributed by atoms with E-state index in [1.54, 1.807) is 0 Å². The van der Waals surface area contributed by atoms with Crippen LogP contribution < -0.4 is 0 Å². The highest BCUT2D eigenvalue weighted by atomic mass is 31.2. The van der Waals surface area contributed by atoms with Gasteiger partial charge in [-0.15, -0.1) is 0 Å². The lowest BCUT2D eigenvalue weighted by molar-refractivity contribution is -0.870. The van der Waals surface area contributed by atoms with E-state index < -0.39 is 32.5 Å². The van der Waals surface area contributed by atoms with Gasteiger partial charge < -0.3 is 18.9 Å². The second-order valence-electron chi connectivity index (χ2n) is 16.1. The summed E-state index contributed by atoms with van der Waals surface area (Å²) < 4.78 is 34.2. The summed E-state index contributed by atoms with van der Waals surface area (Å²) in [5, 5.41) is 0. The minimum atomic E-state index is -4.40. The monoisotopic (exact) mass is 859 g/mol. The summed E-state index contributed by atoms with van der Waals surface area (Å²) in [7, 11) is 1.41. The number of phosphoric ester groups is 1. The molecule has 1 unspecified atom stereocenters. The first kappa shape index (κ1) is 56.9. The zero-order chi connectivity index (χ0) is 44.3. The highest BCUT2D eigenvalue weighted by Crippen LogP contribution is 2.43. The summed E-state index contributed by atoms with van der Waals surface area (Å²) in [4.78, 5) is 35.4. The Morgan fingerprint density at radius 1 is 0.550 bits per heavy atom. The molecule has 1 N–H and O–H groups in total. The van der Waals surface area contributed by atoms with Gasteiger partial charge in [0.1, 0.15) is 19.8 Å². The molecule has 0 aliphatic heterocycles. The van der Waals surface area contributed by atoms with Crippen molar-refractivity contribution < 1.29 is 42.1 Å². The molecule has 0 spiro atoms. The molecule has 0 saturated carbocycles. The second kappa shape index (κ2) is 41.3. The summed E-state index contributed by atoms with van der Waals surface area (Å²) >= 11 is 0. The maximum Gasteiger partial charge on any atom is 0.472 e. The van der Waals surface area contributed by atoms with Crippen molar-refractivity contribution in [2.45, 2.75) is 161 Å². The topological polar surface area (TPSA) is 108 Å². The van der Waals surface area contributed by atoms with E-state index in [0.717, 1.165) is 57.8 Å². The number of esters is 2. The predicted octanol–water partition coefficient (Wildman–Crippen LogP) is 13.4. The highest BCUT2D eigenvalue weighted by molar-refractivity contribution is 7.47. The van der Waals surface area contributed by atoms with Crippen molar-refractivity contribution in [2.24, 2.45) is 0 Å². The lowest BCUT2D eigenvalue weighted by Gasteiger charge is -2.24. The largest absolute Gasteiger partial charge is 0.472 e. The van der Waals surface area contributed by atoms with Crippen LogP contribution in [0.15, 0.2) is 97.2 Å². The number of hydrogen-bond acceptors (Lipinski definition) is 7. The number of likely N-dealkylation sites (N-methyl/N-ethyl adjacent to an activating group) is 1. The van der Waals surface area contributed by atoms with Gasteiger partial charge in [-0.3, -0.25) is 18.6 Å². The Balaban J connectivity index is 4.49. The molecular formula is C50H85NO8P+. The molecule has 0 aliphatic carbocycles. The zero-order valence-corrected chi connectivity index (χ0v) is 39.3. The van der Waals surface area contributed by atoms with Gasteiger partial charge in [-0.05, 0) is 70.6 Å². The number of rotatable bonds is 40. The van der Waals surface area contributed by atoms with E-state index in [1.807, 2.05) is 57.6 Å². The van der Waals surface area contributed by atoms with E-state index in [-0.39, 0.29) is 26.1 Å². The minimum Gasteiger partial charge on any atom is -0.462 e. The van der Waals surface area contributed by atoms with Gasteiger partial charge in [0.25, 0.3) is 0 Å². The van der Waals surface area contributed by atoms with E-state index in [2.05, 4.69) is 74.6 Å². The average Bonchev–Trinajstić information content (AvgIpc) is 3.20. The molecule has 0 fully saturated rings. The van der Waals surface area contributed by atoms with Crippen LogP contribution in [0.3, 0.4) is 0 Å². The van der Waals surface area contributed by atoms with E-state index >= 15 is 0 Å². The Morgan fingerprint density at radius 2 is 1.03 bits per heavy atom. The summed E-state index contributed by atoms with van der Waals surface area (Å²) in [5.74, 6) is -0.901. The zero-order valence-electron chi connectivity index (χ0n) is 38.4. The fourth-order valence-electron chi connectivity index (χ4n) is 5.60. The number of unbranched alkanes of at least 4 members (excludes halogenated alkanes) is 13. The molecule has 10 heteroatoms. The van der Waals surface area contributed by atoms with E-state index in [0.29, 0.717) is 30.3 Å². The number of hydrogen-bond donors (Lipinski definition) is 1. The normalized spacial score (nSPS) is 14.4. The summed E-state index contributed by atoms with van der Waals surface area (Å²) in [6.07, 6.45) is 54.7. The van der Waals surface area contributed by atoms with Gasteiger partial charge in [0.05, 0.1) is 27.7 Å². The molecule has 0 saturated heterocycles. The Labute approximate surface area is 366 Å². The number of nitrogens with zero attached hydrogens (tertiary/aromatic N) is 1. The standard InChI is InChI=1S/C50H84NO8P/c1-6-8-10-12-14-16-18-20-22-23-24-25-26-27-29-31-33-35-37-39-41-43-50(53)59-48(47-58-60(54,55)57-45-44-51(3,4)5)46-56-49(52)42-40-38-36-34-32-30-28-21-19-17-15-13-11-9-7-2/h9,11,13,15,17,19,21-23,25-26,28-29,31,35,37,48H,6-8,10,12,14,16,18,20,24,27,30,32-34,36,38-47H2,1-5H3/p+1/b11-9+,15-13+,19-17+,23-22+,26-25+,28-21+,31-29+,37-35+/t48-/m1/s1. The molecule has 2 atom stereocenters. The van der Waals surface area contributed by atoms with Crippen molar-refractivity contribution in [3.63, 3.8) is 0 Å². The second-order valence-corrected chi connectivity index (χ2v) is 17.6. The lowest BCUT2D eigenvalue weighted by atomic mass is 10.1. The fourth-order valence-corrected chi connectivity index (χ4v) is 6.35. The quantitative estimate of drug-likeness (QED) is 0.0162. The molecular weight excluding hydrogens is 774 g/mol. The van der Waals surface area contributed by atoms with Crippen molar-refractivity contribution in [3.8, 4) is 0 Å². The third kappa shape index (κ3) is 44.5. The van der Waals surface area contributed by atoms with Gasteiger partial charge in [-0.1, -0.05) is 169 Å². The molecule has 0 aromatic heterocycles. The molecule has 0 radical (unpaired) electrons. The maximum atomic E-state index is 12.7. The number of carbonyl (C=O) groups excluding carboxylic acids is 2. The summed E-state index contributed by atoms with van der Waals surface area (Å²) in [5.41, 5.74) is 0. The van der Waals surface area contributed by atoms with Crippen LogP contribution in [0.5, 0.6) is 0 Å². The average molecular weight is 859 g/mol. The van der Waals surface area contributed by atoms with Crippen molar-refractivity contribution in [1.29, 1.82) is 0 Å². The number of allylic oxidation sites excluding steroid dienone is 16. The van der Waals surface area contributed by atoms with Gasteiger partial charge in [-0.25, -0.2) is 4.57 Å². The molecule has 60 heavy (non-hydrogen) atoms. The van der Waals surface area contributed by atoms with Gasteiger partial charge >= 0.3 is 19.8 Å². The number of phosphoric acid groups is 1. The summed E-state index contributed by atoms with van der Waals surface area (Å²) in [6, 6.07) is 0. The van der Waals surface area contributed by atoms with Crippen molar-refractivity contribution in [1.82, 2.24) is 0 Å². The smallest absolute Gasteiger partial charge is 0.462 e. The third-order valence-electron chi connectivity index (χ3n) is 9.19. The minimum absolute atomic E-state index is 0.0116. The van der Waals surface area contributed by atoms with E-state index in [4.69, 9.17) is 18.5 Å². The first-order valence-corrected chi connectivity index (χ1v) is 24.5. The van der Waals surface area contributed by atoms with E-state index in [1.165, 1.54) is 51.4 Å². The van der Waals surface area contributed by atoms with Crippen molar-refractivity contribution >= 4 is 19.8 Å². The number of quaternary nitrogens is 1. The molecule has 0 rings (SSSR count). The van der Waals surface area contributed by atoms with Crippen molar-refractivity contribution in [2.75, 3.05) is 47.5 Å². The van der Waals surface area contributed by atoms with Crippen LogP contribution in [0.25, 0.3) is 0 Å². The van der Waals surface area contributed by atoms with Crippen LogP contribution in [0.4, 0.5) is 0 Å². The number of carbonyl (C=O) groups is 2. The van der Waals surface area contributed by atoms with Gasteiger partial charge in [-0.2, -0.15) is 0 Å². The van der Waals surface area contributed by atoms with Gasteiger partial charge in [0.15, 0.2) is 6.10 Å². The molecule has 0 bridgehead atoms. The lowest BCUT2D eigenvalue weighted by Crippen LogP contribution is -2.37. The fraction of sp³-hybridized carbons (Fsp3) is 0.640. The molecule has 0 aromatic rings. The maximum absolute atomic E-state index is 12.7. The SMILES string of the molecule is CC/C=C/C=C/C=C/C=C/CCCCCCCC(=O)OC[C@H](COP(=O)(O)OCC[N+](C)(C)C)OC(=O)CCC/C=C/C/C=C/C/C=C/C/C=C/CCCCCCCCC. The van der Waals surface area contributed by atoms with Gasteiger partial charge in [0.2, 0.25) is 0 Å². The van der Waals surface area contributed by atoms with Crippen LogP contribution in [0, 0.1) is 0 Å². The Morgan fingerprint density at radius 3 is 1.62 bits per heavy atom. The first-order chi connectivity index (χ1) is 29.0. The van der Waals surface area contributed by atoms with E-state index in [9.17, 15) is 19.0 Å². The Bertz CT molecular complexity index is 1340. The molecule has 342 valence electrons. The molecule has 0 heterocycles. The van der Waals surface area contributed by atoms with Crippen molar-refractivity contribution in [3.05, 3.63) is 97.2 Å². The molecule has 0 aliphatic rings. The van der Waals surface area contributed by atoms with Crippen LogP contribution in [-0.4, -0.2) is 74.9 Å². The highest BCUT2D eigenvalue weighted by Gasteiger charge is 2.27. The Kier molecular flexibility index (Phi) is 39.2. The van der Waals surface area contributed by atoms with Gasteiger partial charge in [0, 0.05) is 12.8 Å². The van der Waals surface area contributed by atoms with Crippen LogP contribution in [0.2, 0.25) is 0 Å². The van der Waals surface area contributed by atoms with Crippen LogP contribution in [-0.2, 0) is 32.7 Å². The third-order valence-corrected chi connectivity index (χ3v) is 10.2. The Hall–Kier alpha value is -3.07. The van der Waals surface area contributed by atoms with Crippen LogP contribution >= 0.6 is 7.82 Å². The molecule has 9 nitrogen and oxygen atoms in total. The molecule has 0 amide bonds. The molecule has 0 aromatic carbocycles. The first-order valence-electron chi connectivity index (χ1n) is 23.0. The van der Waals surface area contributed by atoms with Crippen LogP contribution in [0.1, 0.15) is 155 Å². The number of ether oxygens (including phenoxy) is 2. The summed E-state index contributed by atoms with van der Waals surface area (Å²) in [6.45, 7) is 4.16.